The molecule has 0 N–H and O–H groups in total. The molecule has 3 heteroatoms. The first-order valence-corrected chi connectivity index (χ1v) is 6.08. The van der Waals surface area contributed by atoms with E-state index in [1.807, 2.05) is 23.0 Å². The van der Waals surface area contributed by atoms with Crippen LogP contribution in [0.4, 0.5) is 0 Å². The predicted molar refractivity (Wildman–Crippen MR) is 70.0 cm³/mol. The number of nitrogens with zero attached hydrogens (tertiary/aromatic N) is 2. The Bertz CT molecular complexity index is 495. The summed E-state index contributed by atoms with van der Waals surface area (Å²) in [5.41, 5.74) is 2.40. The smallest absolute Gasteiger partial charge is 0.0660 e. The number of rotatable bonds is 1. The summed E-state index contributed by atoms with van der Waals surface area (Å²) in [7, 11) is 0. The lowest BCUT2D eigenvalue weighted by atomic mass is 9.92. The average Bonchev–Trinajstić information content (AvgIpc) is 2.65. The summed E-state index contributed by atoms with van der Waals surface area (Å²) in [5.74, 6) is 0. The monoisotopic (exact) mass is 278 g/mol. The molecule has 0 saturated carbocycles. The van der Waals surface area contributed by atoms with Gasteiger partial charge in [0.05, 0.1) is 5.69 Å². The second-order valence-corrected chi connectivity index (χ2v) is 5.77. The second kappa shape index (κ2) is 4.06. The summed E-state index contributed by atoms with van der Waals surface area (Å²) in [6, 6.07) is 10.2. The van der Waals surface area contributed by atoms with Gasteiger partial charge in [-0.3, -0.25) is 0 Å². The zero-order valence-corrected chi connectivity index (χ0v) is 11.3. The molecule has 1 aromatic carbocycles. The topological polar surface area (TPSA) is 17.8 Å². The van der Waals surface area contributed by atoms with Gasteiger partial charge in [-0.1, -0.05) is 42.8 Å². The number of benzene rings is 1. The van der Waals surface area contributed by atoms with Crippen molar-refractivity contribution in [3.8, 4) is 5.69 Å². The third-order valence-electron chi connectivity index (χ3n) is 2.46. The Morgan fingerprint density at radius 3 is 2.56 bits per heavy atom. The molecular weight excluding hydrogens is 264 g/mol. The molecule has 0 atom stereocenters. The highest BCUT2D eigenvalue weighted by molar-refractivity contribution is 9.10. The van der Waals surface area contributed by atoms with E-state index in [4.69, 9.17) is 0 Å². The minimum Gasteiger partial charge on any atom is -0.237 e. The molecule has 0 amide bonds. The van der Waals surface area contributed by atoms with Crippen LogP contribution in [0, 0.1) is 0 Å². The molecule has 0 aliphatic rings. The molecule has 0 bridgehead atoms. The SMILES string of the molecule is CC(C)(C)c1ccnn1-c1cccc(Br)c1. The van der Waals surface area contributed by atoms with E-state index >= 15 is 0 Å². The van der Waals surface area contributed by atoms with Crippen molar-refractivity contribution in [2.75, 3.05) is 0 Å². The zero-order chi connectivity index (χ0) is 11.8. The van der Waals surface area contributed by atoms with Gasteiger partial charge < -0.3 is 0 Å². The molecule has 2 rings (SSSR count). The third-order valence-corrected chi connectivity index (χ3v) is 2.96. The van der Waals surface area contributed by atoms with Crippen molar-refractivity contribution in [3.05, 3.63) is 46.7 Å². The Morgan fingerprint density at radius 1 is 1.19 bits per heavy atom. The van der Waals surface area contributed by atoms with E-state index in [-0.39, 0.29) is 5.41 Å². The fourth-order valence-electron chi connectivity index (χ4n) is 1.68. The van der Waals surface area contributed by atoms with Crippen LogP contribution < -0.4 is 0 Å². The van der Waals surface area contributed by atoms with Crippen molar-refractivity contribution >= 4 is 15.9 Å². The van der Waals surface area contributed by atoms with Gasteiger partial charge in [-0.2, -0.15) is 5.10 Å². The van der Waals surface area contributed by atoms with Crippen LogP contribution in [0.2, 0.25) is 0 Å². The van der Waals surface area contributed by atoms with Crippen LogP contribution in [0.5, 0.6) is 0 Å². The van der Waals surface area contributed by atoms with Crippen LogP contribution in [0.3, 0.4) is 0 Å². The third kappa shape index (κ3) is 2.19. The lowest BCUT2D eigenvalue weighted by Crippen LogP contribution is -2.17. The van der Waals surface area contributed by atoms with Gasteiger partial charge in [-0.05, 0) is 24.3 Å². The maximum absolute atomic E-state index is 4.39. The van der Waals surface area contributed by atoms with Gasteiger partial charge in [0.2, 0.25) is 0 Å². The maximum atomic E-state index is 4.39. The summed E-state index contributed by atoms with van der Waals surface area (Å²) >= 11 is 3.48. The van der Waals surface area contributed by atoms with Crippen molar-refractivity contribution in [2.45, 2.75) is 26.2 Å². The minimum atomic E-state index is 0.0960. The molecule has 0 aliphatic heterocycles. The number of aromatic nitrogens is 2. The molecule has 0 fully saturated rings. The Balaban J connectivity index is 2.53. The molecule has 2 nitrogen and oxygen atoms in total. The van der Waals surface area contributed by atoms with E-state index in [1.54, 1.807) is 0 Å². The van der Waals surface area contributed by atoms with E-state index in [1.165, 1.54) is 5.69 Å². The van der Waals surface area contributed by atoms with Crippen molar-refractivity contribution in [2.24, 2.45) is 0 Å². The highest BCUT2D eigenvalue weighted by Gasteiger charge is 2.19. The zero-order valence-electron chi connectivity index (χ0n) is 9.74. The van der Waals surface area contributed by atoms with Crippen LogP contribution in [0.25, 0.3) is 5.69 Å². The van der Waals surface area contributed by atoms with Crippen molar-refractivity contribution in [3.63, 3.8) is 0 Å². The van der Waals surface area contributed by atoms with E-state index in [0.717, 1.165) is 10.2 Å². The van der Waals surface area contributed by atoms with E-state index < -0.39 is 0 Å². The second-order valence-electron chi connectivity index (χ2n) is 4.86. The van der Waals surface area contributed by atoms with Crippen LogP contribution in [0.15, 0.2) is 41.0 Å². The summed E-state index contributed by atoms with van der Waals surface area (Å²) < 4.78 is 3.06. The van der Waals surface area contributed by atoms with Gasteiger partial charge in [-0.25, -0.2) is 4.68 Å². The van der Waals surface area contributed by atoms with Crippen molar-refractivity contribution in [1.82, 2.24) is 9.78 Å². The van der Waals surface area contributed by atoms with Crippen molar-refractivity contribution in [1.29, 1.82) is 0 Å². The van der Waals surface area contributed by atoms with Gasteiger partial charge in [0, 0.05) is 21.8 Å². The Hall–Kier alpha value is -1.09. The van der Waals surface area contributed by atoms with E-state index in [2.05, 4.69) is 60.0 Å². The minimum absolute atomic E-state index is 0.0960. The summed E-state index contributed by atoms with van der Waals surface area (Å²) in [5, 5.41) is 4.39. The lowest BCUT2D eigenvalue weighted by molar-refractivity contribution is 0.544. The van der Waals surface area contributed by atoms with Crippen LogP contribution >= 0.6 is 15.9 Å². The van der Waals surface area contributed by atoms with E-state index in [0.29, 0.717) is 0 Å². The quantitative estimate of drug-likeness (QED) is 0.773. The highest BCUT2D eigenvalue weighted by atomic mass is 79.9. The standard InChI is InChI=1S/C13H15BrN2/c1-13(2,3)12-7-8-15-16(12)11-6-4-5-10(14)9-11/h4-9H,1-3H3. The van der Waals surface area contributed by atoms with Crippen LogP contribution in [-0.4, -0.2) is 9.78 Å². The molecule has 0 spiro atoms. The molecule has 0 aliphatic carbocycles. The number of hydrogen-bond donors (Lipinski definition) is 0. The van der Waals surface area contributed by atoms with Gasteiger partial charge in [-0.15, -0.1) is 0 Å². The molecule has 0 unspecified atom stereocenters. The largest absolute Gasteiger partial charge is 0.237 e. The maximum Gasteiger partial charge on any atom is 0.0660 e. The highest BCUT2D eigenvalue weighted by Crippen LogP contribution is 2.25. The first kappa shape index (κ1) is 11.4. The number of halogens is 1. The van der Waals surface area contributed by atoms with Crippen molar-refractivity contribution < 1.29 is 0 Å². The normalized spacial score (nSPS) is 11.8. The molecule has 0 radical (unpaired) electrons. The Morgan fingerprint density at radius 2 is 1.94 bits per heavy atom. The summed E-state index contributed by atoms with van der Waals surface area (Å²) in [6.07, 6.45) is 1.85. The fraction of sp³-hybridized carbons (Fsp3) is 0.308. The molecular formula is C13H15BrN2. The first-order valence-electron chi connectivity index (χ1n) is 5.29. The predicted octanol–water partition coefficient (Wildman–Crippen LogP) is 3.93. The van der Waals surface area contributed by atoms with Crippen LogP contribution in [0.1, 0.15) is 26.5 Å². The molecule has 84 valence electrons. The Labute approximate surface area is 104 Å². The van der Waals surface area contributed by atoms with Crippen LogP contribution in [-0.2, 0) is 5.41 Å². The summed E-state index contributed by atoms with van der Waals surface area (Å²) in [6.45, 7) is 6.58. The first-order chi connectivity index (χ1) is 7.48. The fourth-order valence-corrected chi connectivity index (χ4v) is 2.07. The lowest BCUT2D eigenvalue weighted by Gasteiger charge is -2.20. The molecule has 2 aromatic rings. The van der Waals surface area contributed by atoms with Gasteiger partial charge >= 0.3 is 0 Å². The Kier molecular flexibility index (Phi) is 2.89. The van der Waals surface area contributed by atoms with Gasteiger partial charge in [0.15, 0.2) is 0 Å². The van der Waals surface area contributed by atoms with E-state index in [9.17, 15) is 0 Å². The summed E-state index contributed by atoms with van der Waals surface area (Å²) in [4.78, 5) is 0. The molecule has 1 aromatic heterocycles. The molecule has 1 heterocycles. The molecule has 0 saturated heterocycles. The molecule has 16 heavy (non-hydrogen) atoms. The average molecular weight is 279 g/mol. The number of hydrogen-bond acceptors (Lipinski definition) is 1. The van der Waals surface area contributed by atoms with Gasteiger partial charge in [0.1, 0.15) is 0 Å². The van der Waals surface area contributed by atoms with Gasteiger partial charge in [0.25, 0.3) is 0 Å².